The first kappa shape index (κ1) is 18.8. The normalized spacial score (nSPS) is 21.1. The van der Waals surface area contributed by atoms with E-state index < -0.39 is 5.60 Å². The van der Waals surface area contributed by atoms with Gasteiger partial charge in [-0.05, 0) is 51.7 Å². The summed E-state index contributed by atoms with van der Waals surface area (Å²) in [5, 5.41) is 15.4. The van der Waals surface area contributed by atoms with Crippen molar-refractivity contribution in [1.82, 2.24) is 10.6 Å². The molecule has 2 rings (SSSR count). The molecule has 0 bridgehead atoms. The van der Waals surface area contributed by atoms with Gasteiger partial charge in [0, 0.05) is 24.0 Å². The Morgan fingerprint density at radius 2 is 2.12 bits per heavy atom. The average molecular weight is 350 g/mol. The maximum Gasteiger partial charge on any atom is 0.407 e. The molecule has 2 unspecified atom stereocenters. The van der Waals surface area contributed by atoms with Gasteiger partial charge in [-0.3, -0.25) is 0 Å². The molecule has 1 aliphatic carbocycles. The van der Waals surface area contributed by atoms with Crippen LogP contribution in [0.3, 0.4) is 0 Å². The molecule has 2 atom stereocenters. The van der Waals surface area contributed by atoms with Crippen LogP contribution in [0.25, 0.3) is 0 Å². The highest BCUT2D eigenvalue weighted by atomic mass is 32.1. The van der Waals surface area contributed by atoms with Crippen LogP contribution in [0.1, 0.15) is 56.2 Å². The van der Waals surface area contributed by atoms with E-state index in [9.17, 15) is 4.79 Å². The van der Waals surface area contributed by atoms with E-state index in [1.54, 1.807) is 0 Å². The fourth-order valence-electron chi connectivity index (χ4n) is 3.01. The van der Waals surface area contributed by atoms with E-state index in [1.807, 2.05) is 32.9 Å². The quantitative estimate of drug-likeness (QED) is 0.848. The summed E-state index contributed by atoms with van der Waals surface area (Å²) < 4.78 is 5.31. The topological polar surface area (TPSA) is 74.2 Å². The molecular weight excluding hydrogens is 322 g/mol. The number of ether oxygens (including phenoxy) is 1. The Bertz CT molecular complexity index is 586. The number of hydrogen-bond acceptors (Lipinski definition) is 5. The van der Waals surface area contributed by atoms with E-state index >= 15 is 0 Å². The number of carbonyl (C=O) groups is 1. The van der Waals surface area contributed by atoms with Crippen molar-refractivity contribution in [3.63, 3.8) is 0 Å². The molecule has 0 aliphatic heterocycles. The fourth-order valence-corrected chi connectivity index (χ4v) is 3.77. The molecule has 1 aliphatic rings. The van der Waals surface area contributed by atoms with Crippen molar-refractivity contribution in [1.29, 1.82) is 5.26 Å². The fraction of sp³-hybridized carbons (Fsp3) is 0.667. The summed E-state index contributed by atoms with van der Waals surface area (Å²) in [6.07, 6.45) is 4.31. The van der Waals surface area contributed by atoms with Crippen LogP contribution in [0.5, 0.6) is 0 Å². The Hall–Kier alpha value is -1.58. The van der Waals surface area contributed by atoms with Crippen molar-refractivity contribution in [3.8, 4) is 6.07 Å². The summed E-state index contributed by atoms with van der Waals surface area (Å²) in [7, 11) is 0. The largest absolute Gasteiger partial charge is 0.444 e. The second-order valence-corrected chi connectivity index (χ2v) is 8.46. The second kappa shape index (κ2) is 8.50. The van der Waals surface area contributed by atoms with E-state index in [2.05, 4.69) is 16.7 Å². The predicted octanol–water partition coefficient (Wildman–Crippen LogP) is 3.79. The van der Waals surface area contributed by atoms with E-state index in [4.69, 9.17) is 10.00 Å². The van der Waals surface area contributed by atoms with Gasteiger partial charge >= 0.3 is 6.09 Å². The first-order chi connectivity index (χ1) is 11.4. The van der Waals surface area contributed by atoms with Crippen LogP contribution >= 0.6 is 11.3 Å². The number of nitriles is 1. The van der Waals surface area contributed by atoms with Crippen molar-refractivity contribution in [2.24, 2.45) is 5.92 Å². The molecule has 6 heteroatoms. The zero-order valence-corrected chi connectivity index (χ0v) is 15.5. The zero-order chi connectivity index (χ0) is 17.6. The lowest BCUT2D eigenvalue weighted by molar-refractivity contribution is 0.0510. The van der Waals surface area contributed by atoms with Crippen LogP contribution in [0.4, 0.5) is 4.79 Å². The molecule has 1 heterocycles. The molecule has 1 aromatic rings. The number of thiophene rings is 1. The molecule has 132 valence electrons. The summed E-state index contributed by atoms with van der Waals surface area (Å²) in [5.74, 6) is 0.418. The van der Waals surface area contributed by atoms with Crippen LogP contribution in [0, 0.1) is 17.2 Å². The van der Waals surface area contributed by atoms with Gasteiger partial charge in [-0.15, -0.1) is 11.3 Å². The van der Waals surface area contributed by atoms with Gasteiger partial charge in [-0.2, -0.15) is 5.26 Å². The SMILES string of the molecule is CC(C)(C)OC(=O)NCC1CCCCC1NCc1ccc(C#N)s1. The molecule has 5 nitrogen and oxygen atoms in total. The van der Waals surface area contributed by atoms with Gasteiger partial charge in [0.1, 0.15) is 16.5 Å². The highest BCUT2D eigenvalue weighted by molar-refractivity contribution is 7.12. The number of rotatable bonds is 5. The van der Waals surface area contributed by atoms with E-state index in [0.717, 1.165) is 24.3 Å². The number of nitrogens with zero attached hydrogens (tertiary/aromatic N) is 1. The third kappa shape index (κ3) is 6.14. The molecule has 0 saturated heterocycles. The summed E-state index contributed by atoms with van der Waals surface area (Å²) in [6, 6.07) is 6.44. The van der Waals surface area contributed by atoms with Crippen LogP contribution in [0.2, 0.25) is 0 Å². The van der Waals surface area contributed by atoms with E-state index in [1.165, 1.54) is 29.1 Å². The summed E-state index contributed by atoms with van der Waals surface area (Å²) in [4.78, 5) is 13.8. The summed E-state index contributed by atoms with van der Waals surface area (Å²) >= 11 is 1.53. The van der Waals surface area contributed by atoms with Crippen LogP contribution < -0.4 is 10.6 Å². The Morgan fingerprint density at radius 3 is 2.79 bits per heavy atom. The maximum absolute atomic E-state index is 11.8. The minimum Gasteiger partial charge on any atom is -0.444 e. The molecule has 1 fully saturated rings. The highest BCUT2D eigenvalue weighted by Crippen LogP contribution is 2.25. The number of carbonyl (C=O) groups excluding carboxylic acids is 1. The van der Waals surface area contributed by atoms with Gasteiger partial charge in [-0.1, -0.05) is 12.8 Å². The molecule has 1 amide bonds. The van der Waals surface area contributed by atoms with Crippen molar-refractivity contribution in [2.75, 3.05) is 6.54 Å². The standard InChI is InChI=1S/C18H27N3O2S/c1-18(2,3)23-17(22)21-11-13-6-4-5-7-16(13)20-12-15-9-8-14(10-19)24-15/h8-9,13,16,20H,4-7,11-12H2,1-3H3,(H,21,22). The predicted molar refractivity (Wildman–Crippen MR) is 95.9 cm³/mol. The van der Waals surface area contributed by atoms with Crippen LogP contribution in [0.15, 0.2) is 12.1 Å². The van der Waals surface area contributed by atoms with Crippen molar-refractivity contribution in [2.45, 2.75) is 64.6 Å². The highest BCUT2D eigenvalue weighted by Gasteiger charge is 2.26. The molecule has 0 aromatic carbocycles. The van der Waals surface area contributed by atoms with Crippen molar-refractivity contribution in [3.05, 3.63) is 21.9 Å². The third-order valence-electron chi connectivity index (χ3n) is 4.13. The van der Waals surface area contributed by atoms with Crippen molar-refractivity contribution >= 4 is 17.4 Å². The number of alkyl carbamates (subject to hydrolysis) is 1. The Kier molecular flexibility index (Phi) is 6.64. The molecule has 0 radical (unpaired) electrons. The lowest BCUT2D eigenvalue weighted by Gasteiger charge is -2.32. The van der Waals surface area contributed by atoms with E-state index in [-0.39, 0.29) is 6.09 Å². The molecule has 1 saturated carbocycles. The lowest BCUT2D eigenvalue weighted by atomic mass is 9.84. The van der Waals surface area contributed by atoms with Gasteiger partial charge in [0.05, 0.1) is 0 Å². The van der Waals surface area contributed by atoms with Crippen LogP contribution in [-0.4, -0.2) is 24.3 Å². The van der Waals surface area contributed by atoms with Gasteiger partial charge < -0.3 is 15.4 Å². The number of nitrogens with one attached hydrogen (secondary N) is 2. The third-order valence-corrected chi connectivity index (χ3v) is 5.12. The number of amides is 1. The van der Waals surface area contributed by atoms with Gasteiger partial charge in [0.2, 0.25) is 0 Å². The maximum atomic E-state index is 11.8. The second-order valence-electron chi connectivity index (χ2n) is 7.29. The van der Waals surface area contributed by atoms with E-state index in [0.29, 0.717) is 18.5 Å². The molecule has 2 N–H and O–H groups in total. The zero-order valence-electron chi connectivity index (χ0n) is 14.7. The monoisotopic (exact) mass is 349 g/mol. The molecular formula is C18H27N3O2S. The minimum atomic E-state index is -0.466. The molecule has 1 aromatic heterocycles. The van der Waals surface area contributed by atoms with Crippen molar-refractivity contribution < 1.29 is 9.53 Å². The molecule has 0 spiro atoms. The van der Waals surface area contributed by atoms with Crippen LogP contribution in [-0.2, 0) is 11.3 Å². The summed E-state index contributed by atoms with van der Waals surface area (Å²) in [6.45, 7) is 7.02. The number of hydrogen-bond donors (Lipinski definition) is 2. The Morgan fingerprint density at radius 1 is 1.38 bits per heavy atom. The van der Waals surface area contributed by atoms with Gasteiger partial charge in [-0.25, -0.2) is 4.79 Å². The van der Waals surface area contributed by atoms with Gasteiger partial charge in [0.25, 0.3) is 0 Å². The first-order valence-electron chi connectivity index (χ1n) is 8.56. The smallest absolute Gasteiger partial charge is 0.407 e. The first-order valence-corrected chi connectivity index (χ1v) is 9.38. The minimum absolute atomic E-state index is 0.344. The Balaban J connectivity index is 1.81. The lowest BCUT2D eigenvalue weighted by Crippen LogP contribution is -2.44. The molecule has 24 heavy (non-hydrogen) atoms. The summed E-state index contributed by atoms with van der Waals surface area (Å²) in [5.41, 5.74) is -0.466. The Labute approximate surface area is 148 Å². The van der Waals surface area contributed by atoms with Gasteiger partial charge in [0.15, 0.2) is 0 Å². The average Bonchev–Trinajstić information content (AvgIpc) is 2.98.